The molecule has 2 aromatic heterocycles. The third-order valence-electron chi connectivity index (χ3n) is 6.08. The van der Waals surface area contributed by atoms with Crippen molar-refractivity contribution in [3.05, 3.63) is 12.7 Å². The number of aromatic nitrogens is 4. The van der Waals surface area contributed by atoms with Crippen LogP contribution in [0.25, 0.3) is 11.2 Å². The molecule has 2 saturated heterocycles. The predicted octanol–water partition coefficient (Wildman–Crippen LogP) is 2.95. The minimum absolute atomic E-state index is 0.0300. The Bertz CT molecular complexity index is 1040. The summed E-state index contributed by atoms with van der Waals surface area (Å²) in [5.41, 5.74) is -2.76. The second-order valence-corrected chi connectivity index (χ2v) is 8.55. The van der Waals surface area contributed by atoms with Gasteiger partial charge in [0.1, 0.15) is 24.6 Å². The molecule has 0 spiro atoms. The molecule has 0 bridgehead atoms. The zero-order chi connectivity index (χ0) is 22.0. The number of hydrogen-bond acceptors (Lipinski definition) is 7. The van der Waals surface area contributed by atoms with Crippen LogP contribution in [-0.2, 0) is 19.9 Å². The lowest BCUT2D eigenvalue weighted by Crippen LogP contribution is -2.56. The van der Waals surface area contributed by atoms with E-state index >= 15 is 0 Å². The van der Waals surface area contributed by atoms with Gasteiger partial charge >= 0.3 is 6.18 Å². The van der Waals surface area contributed by atoms with Gasteiger partial charge in [0.15, 0.2) is 22.8 Å². The summed E-state index contributed by atoms with van der Waals surface area (Å²) >= 11 is 0. The van der Waals surface area contributed by atoms with Gasteiger partial charge < -0.3 is 19.5 Å². The summed E-state index contributed by atoms with van der Waals surface area (Å²) in [6, 6.07) is 0.199. The van der Waals surface area contributed by atoms with Gasteiger partial charge in [-0.05, 0) is 26.7 Å². The van der Waals surface area contributed by atoms with Gasteiger partial charge in [-0.25, -0.2) is 15.0 Å². The van der Waals surface area contributed by atoms with E-state index in [1.54, 1.807) is 0 Å². The predicted molar refractivity (Wildman–Crippen MR) is 103 cm³/mol. The van der Waals surface area contributed by atoms with Crippen LogP contribution < -0.4 is 5.32 Å². The summed E-state index contributed by atoms with van der Waals surface area (Å²) in [5, 5.41) is 3.28. The maximum atomic E-state index is 14.7. The molecule has 1 aliphatic carbocycles. The van der Waals surface area contributed by atoms with E-state index in [4.69, 9.17) is 20.6 Å². The number of nitrogens with one attached hydrogen (secondary N) is 1. The maximum Gasteiger partial charge on any atom is 0.440 e. The average Bonchev–Trinajstić information content (AvgIpc) is 3.44. The number of nitrogens with zero attached hydrogens (tertiary/aromatic N) is 4. The maximum absolute atomic E-state index is 14.7. The third-order valence-corrected chi connectivity index (χ3v) is 6.08. The van der Waals surface area contributed by atoms with Gasteiger partial charge in [-0.3, -0.25) is 4.57 Å². The number of rotatable bonds is 3. The molecule has 11 heteroatoms. The summed E-state index contributed by atoms with van der Waals surface area (Å²) in [4.78, 5) is 12.5. The highest BCUT2D eigenvalue weighted by molar-refractivity contribution is 5.83. The zero-order valence-corrected chi connectivity index (χ0v) is 17.0. The van der Waals surface area contributed by atoms with Crippen molar-refractivity contribution in [2.75, 3.05) is 5.32 Å². The van der Waals surface area contributed by atoms with Crippen LogP contribution in [0.1, 0.15) is 39.5 Å². The molecule has 2 aliphatic heterocycles. The van der Waals surface area contributed by atoms with Gasteiger partial charge in [-0.1, -0.05) is 18.8 Å². The Morgan fingerprint density at radius 3 is 2.58 bits per heavy atom. The second-order valence-electron chi connectivity index (χ2n) is 8.55. The van der Waals surface area contributed by atoms with E-state index in [9.17, 15) is 13.2 Å². The van der Waals surface area contributed by atoms with E-state index < -0.39 is 36.0 Å². The van der Waals surface area contributed by atoms with Gasteiger partial charge in [0.25, 0.3) is 5.72 Å². The fourth-order valence-electron chi connectivity index (χ4n) is 4.78. The topological polar surface area (TPSA) is 83.3 Å². The fourth-order valence-corrected chi connectivity index (χ4v) is 4.78. The lowest BCUT2D eigenvalue weighted by atomic mass is 10.0. The first-order valence-corrected chi connectivity index (χ1v) is 10.2. The first-order valence-electron chi connectivity index (χ1n) is 10.2. The van der Waals surface area contributed by atoms with Crippen LogP contribution in [0, 0.1) is 12.3 Å². The van der Waals surface area contributed by atoms with Gasteiger partial charge in [0, 0.05) is 6.04 Å². The molecular formula is C20H22F3N5O3. The van der Waals surface area contributed by atoms with E-state index in [0.29, 0.717) is 5.82 Å². The highest BCUT2D eigenvalue weighted by Gasteiger charge is 2.75. The monoisotopic (exact) mass is 437 g/mol. The van der Waals surface area contributed by atoms with Gasteiger partial charge in [0.05, 0.1) is 6.33 Å². The molecule has 31 heavy (non-hydrogen) atoms. The third kappa shape index (κ3) is 3.00. The summed E-state index contributed by atoms with van der Waals surface area (Å²) in [6.45, 7) is 3.08. The molecule has 0 radical (unpaired) electrons. The van der Waals surface area contributed by atoms with Crippen molar-refractivity contribution in [1.82, 2.24) is 19.5 Å². The molecule has 4 atom stereocenters. The van der Waals surface area contributed by atoms with Gasteiger partial charge in [-0.15, -0.1) is 6.42 Å². The largest absolute Gasteiger partial charge is 0.440 e. The quantitative estimate of drug-likeness (QED) is 0.740. The van der Waals surface area contributed by atoms with E-state index in [2.05, 4.69) is 26.2 Å². The number of anilines is 1. The number of fused-ring (bicyclic) bond motifs is 2. The Morgan fingerprint density at radius 2 is 1.90 bits per heavy atom. The molecular weight excluding hydrogens is 415 g/mol. The van der Waals surface area contributed by atoms with E-state index in [-0.39, 0.29) is 17.2 Å². The van der Waals surface area contributed by atoms with Crippen molar-refractivity contribution in [3.63, 3.8) is 0 Å². The van der Waals surface area contributed by atoms with Crippen LogP contribution in [0.3, 0.4) is 0 Å². The molecule has 4 heterocycles. The molecule has 1 N–H and O–H groups in total. The lowest BCUT2D eigenvalue weighted by Gasteiger charge is -2.36. The van der Waals surface area contributed by atoms with Crippen LogP contribution in [0.2, 0.25) is 0 Å². The van der Waals surface area contributed by atoms with Crippen molar-refractivity contribution < 1.29 is 27.4 Å². The van der Waals surface area contributed by atoms with Crippen molar-refractivity contribution in [3.8, 4) is 12.3 Å². The summed E-state index contributed by atoms with van der Waals surface area (Å²) in [7, 11) is 0. The van der Waals surface area contributed by atoms with Crippen LogP contribution in [-0.4, -0.2) is 55.8 Å². The minimum Gasteiger partial charge on any atom is -0.365 e. The Morgan fingerprint density at radius 1 is 1.16 bits per heavy atom. The SMILES string of the molecule is C#CC1OC(n2cnc3c(NC4CCCC4)ncnc32)(C(F)(F)F)C2OC(C)(C)OC12. The van der Waals surface area contributed by atoms with Crippen molar-refractivity contribution in [1.29, 1.82) is 0 Å². The molecule has 0 amide bonds. The molecule has 1 saturated carbocycles. The first-order chi connectivity index (χ1) is 14.7. The van der Waals surface area contributed by atoms with E-state index in [1.165, 1.54) is 20.2 Å². The fraction of sp³-hybridized carbons (Fsp3) is 0.650. The minimum atomic E-state index is -4.90. The summed E-state index contributed by atoms with van der Waals surface area (Å²) in [5.74, 6) is 1.39. The van der Waals surface area contributed by atoms with Crippen molar-refractivity contribution in [2.24, 2.45) is 0 Å². The smallest absolute Gasteiger partial charge is 0.365 e. The molecule has 3 fully saturated rings. The number of terminal acetylenes is 1. The standard InChI is InChI=1S/C20H22F3N5O3/c1-4-12-14-15(31-18(2,3)30-14)19(29-12,20(21,22)23)28-10-26-13-16(24-9-25-17(13)28)27-11-7-5-6-8-11/h1,9-12,14-15H,5-8H2,2-3H3,(H,24,25,27). The molecule has 8 nitrogen and oxygen atoms in total. The molecule has 2 aromatic rings. The molecule has 4 unspecified atom stereocenters. The number of halogens is 3. The van der Waals surface area contributed by atoms with Crippen LogP contribution in [0.15, 0.2) is 12.7 Å². The Labute approximate surface area is 176 Å². The number of ether oxygens (including phenoxy) is 3. The van der Waals surface area contributed by atoms with Crippen LogP contribution in [0.4, 0.5) is 19.0 Å². The molecule has 0 aromatic carbocycles. The summed E-state index contributed by atoms with van der Waals surface area (Å²) in [6.07, 6.45) is 3.07. The molecule has 166 valence electrons. The average molecular weight is 437 g/mol. The van der Waals surface area contributed by atoms with E-state index in [1.807, 2.05) is 0 Å². The highest BCUT2D eigenvalue weighted by atomic mass is 19.4. The Balaban J connectivity index is 1.65. The number of alkyl halides is 3. The van der Waals surface area contributed by atoms with Crippen LogP contribution >= 0.6 is 0 Å². The summed E-state index contributed by atoms with van der Waals surface area (Å²) < 4.78 is 61.8. The van der Waals surface area contributed by atoms with Crippen molar-refractivity contribution in [2.45, 2.75) is 81.6 Å². The van der Waals surface area contributed by atoms with Crippen LogP contribution in [0.5, 0.6) is 0 Å². The number of hydrogen-bond donors (Lipinski definition) is 1. The molecule has 5 rings (SSSR count). The normalized spacial score (nSPS) is 33.0. The Kier molecular flexibility index (Phi) is 4.48. The first kappa shape index (κ1) is 20.5. The Hall–Kier alpha value is -2.42. The second kappa shape index (κ2) is 6.79. The molecule has 3 aliphatic rings. The lowest BCUT2D eigenvalue weighted by molar-refractivity contribution is -0.341. The zero-order valence-electron chi connectivity index (χ0n) is 17.0. The number of imidazole rings is 1. The highest BCUT2D eigenvalue weighted by Crippen LogP contribution is 2.54. The van der Waals surface area contributed by atoms with Crippen molar-refractivity contribution >= 4 is 17.0 Å². The van der Waals surface area contributed by atoms with Gasteiger partial charge in [-0.2, -0.15) is 13.2 Å². The van der Waals surface area contributed by atoms with E-state index in [0.717, 1.165) is 36.6 Å². The van der Waals surface area contributed by atoms with Gasteiger partial charge in [0.2, 0.25) is 0 Å².